The lowest BCUT2D eigenvalue weighted by Gasteiger charge is -2.12. The number of hydrogen-bond acceptors (Lipinski definition) is 6. The maximum Gasteiger partial charge on any atom is 0.215 e. The predicted molar refractivity (Wildman–Crippen MR) is 80.0 cm³/mol. The van der Waals surface area contributed by atoms with Gasteiger partial charge in [-0.3, -0.25) is 0 Å². The number of anilines is 1. The summed E-state index contributed by atoms with van der Waals surface area (Å²) in [6, 6.07) is 6.04. The Kier molecular flexibility index (Phi) is 4.55. The third-order valence-electron chi connectivity index (χ3n) is 2.79. The van der Waals surface area contributed by atoms with Gasteiger partial charge in [0.05, 0.1) is 23.2 Å². The van der Waals surface area contributed by atoms with E-state index in [1.807, 2.05) is 0 Å². The Morgan fingerprint density at radius 2 is 2.05 bits per heavy atom. The van der Waals surface area contributed by atoms with Crippen molar-refractivity contribution in [2.45, 2.75) is 6.04 Å². The van der Waals surface area contributed by atoms with Crippen molar-refractivity contribution in [3.63, 3.8) is 0 Å². The minimum Gasteiger partial charge on any atom is -0.490 e. The standard InChI is InChI=1S/C12H16N2O5S2/c13-11-3-1-2-4-12(11)19-6-8-21(17,18)14-10-5-7-20(15,16)9-10/h1-5,7,10,14H,6,8-9,13H2. The van der Waals surface area contributed by atoms with Gasteiger partial charge in [-0.05, 0) is 12.1 Å². The van der Waals surface area contributed by atoms with E-state index in [1.54, 1.807) is 24.3 Å². The Balaban J connectivity index is 1.85. The van der Waals surface area contributed by atoms with E-state index in [2.05, 4.69) is 4.72 Å². The lowest BCUT2D eigenvalue weighted by atomic mass is 10.3. The van der Waals surface area contributed by atoms with Crippen LogP contribution in [0, 0.1) is 0 Å². The lowest BCUT2D eigenvalue weighted by Crippen LogP contribution is -2.38. The van der Waals surface area contributed by atoms with E-state index >= 15 is 0 Å². The molecule has 9 heteroatoms. The molecular formula is C12H16N2O5S2. The summed E-state index contributed by atoms with van der Waals surface area (Å²) in [7, 11) is -6.92. The molecule has 1 unspecified atom stereocenters. The molecule has 21 heavy (non-hydrogen) atoms. The number of nitrogens with one attached hydrogen (secondary N) is 1. The summed E-state index contributed by atoms with van der Waals surface area (Å²) in [4.78, 5) is 0. The van der Waals surface area contributed by atoms with Crippen LogP contribution in [0.2, 0.25) is 0 Å². The summed E-state index contributed by atoms with van der Waals surface area (Å²) in [5.74, 6) is -0.124. The molecule has 0 spiro atoms. The van der Waals surface area contributed by atoms with Gasteiger partial charge in [-0.2, -0.15) is 0 Å². The minimum absolute atomic E-state index is 0.0767. The Hall–Kier alpha value is -1.58. The van der Waals surface area contributed by atoms with E-state index in [0.29, 0.717) is 11.4 Å². The van der Waals surface area contributed by atoms with Gasteiger partial charge in [0.1, 0.15) is 12.4 Å². The highest BCUT2D eigenvalue weighted by Gasteiger charge is 2.25. The summed E-state index contributed by atoms with van der Waals surface area (Å²) < 4.78 is 53.7. The Labute approximate surface area is 123 Å². The first-order chi connectivity index (χ1) is 9.77. The van der Waals surface area contributed by atoms with E-state index in [0.717, 1.165) is 5.41 Å². The largest absolute Gasteiger partial charge is 0.490 e. The van der Waals surface area contributed by atoms with E-state index in [9.17, 15) is 16.8 Å². The van der Waals surface area contributed by atoms with Gasteiger partial charge in [-0.15, -0.1) is 0 Å². The van der Waals surface area contributed by atoms with Crippen LogP contribution in [0.5, 0.6) is 5.75 Å². The lowest BCUT2D eigenvalue weighted by molar-refractivity contribution is 0.342. The maximum atomic E-state index is 11.8. The topological polar surface area (TPSA) is 116 Å². The normalized spacial score (nSPS) is 20.5. The molecular weight excluding hydrogens is 316 g/mol. The van der Waals surface area contributed by atoms with E-state index in [4.69, 9.17) is 10.5 Å². The fourth-order valence-corrected chi connectivity index (χ4v) is 4.20. The van der Waals surface area contributed by atoms with Crippen LogP contribution >= 0.6 is 0 Å². The average Bonchev–Trinajstić information content (AvgIpc) is 2.70. The monoisotopic (exact) mass is 332 g/mol. The predicted octanol–water partition coefficient (Wildman–Crippen LogP) is -0.122. The molecule has 0 bridgehead atoms. The fourth-order valence-electron chi connectivity index (χ4n) is 1.81. The number of rotatable bonds is 6. The molecule has 0 saturated heterocycles. The van der Waals surface area contributed by atoms with Crippen molar-refractivity contribution in [3.8, 4) is 5.75 Å². The van der Waals surface area contributed by atoms with Gasteiger partial charge in [-0.1, -0.05) is 18.2 Å². The zero-order valence-electron chi connectivity index (χ0n) is 11.1. The molecule has 0 saturated carbocycles. The molecule has 1 aromatic rings. The second-order valence-electron chi connectivity index (χ2n) is 4.59. The van der Waals surface area contributed by atoms with Crippen molar-refractivity contribution in [1.82, 2.24) is 4.72 Å². The van der Waals surface area contributed by atoms with Crippen molar-refractivity contribution in [3.05, 3.63) is 35.7 Å². The van der Waals surface area contributed by atoms with Crippen molar-refractivity contribution in [1.29, 1.82) is 0 Å². The van der Waals surface area contributed by atoms with Crippen LogP contribution in [0.4, 0.5) is 5.69 Å². The van der Waals surface area contributed by atoms with Crippen LogP contribution in [0.25, 0.3) is 0 Å². The van der Waals surface area contributed by atoms with Crippen molar-refractivity contribution in [2.24, 2.45) is 0 Å². The Bertz CT molecular complexity index is 741. The van der Waals surface area contributed by atoms with Crippen LogP contribution in [0.3, 0.4) is 0 Å². The van der Waals surface area contributed by atoms with Gasteiger partial charge in [-0.25, -0.2) is 21.6 Å². The second kappa shape index (κ2) is 6.04. The molecule has 0 radical (unpaired) electrons. The van der Waals surface area contributed by atoms with Gasteiger partial charge in [0.15, 0.2) is 9.84 Å². The first kappa shape index (κ1) is 15.8. The Morgan fingerprint density at radius 1 is 1.33 bits per heavy atom. The zero-order chi connectivity index (χ0) is 15.5. The molecule has 0 fully saturated rings. The number of para-hydroxylation sites is 2. The van der Waals surface area contributed by atoms with Gasteiger partial charge < -0.3 is 10.5 Å². The molecule has 1 aromatic carbocycles. The summed E-state index contributed by atoms with van der Waals surface area (Å²) in [5, 5.41) is 1.02. The van der Waals surface area contributed by atoms with Crippen molar-refractivity contribution in [2.75, 3.05) is 23.8 Å². The highest BCUT2D eigenvalue weighted by atomic mass is 32.2. The van der Waals surface area contributed by atoms with Crippen molar-refractivity contribution < 1.29 is 21.6 Å². The number of nitrogen functional groups attached to an aromatic ring is 1. The van der Waals surface area contributed by atoms with Gasteiger partial charge >= 0.3 is 0 Å². The number of ether oxygens (including phenoxy) is 1. The first-order valence-electron chi connectivity index (χ1n) is 6.16. The number of sulfonamides is 1. The highest BCUT2D eigenvalue weighted by molar-refractivity contribution is 7.94. The molecule has 1 heterocycles. The van der Waals surface area contributed by atoms with Crippen LogP contribution in [-0.2, 0) is 19.9 Å². The van der Waals surface area contributed by atoms with Gasteiger partial charge in [0.25, 0.3) is 0 Å². The molecule has 0 aliphatic carbocycles. The number of sulfone groups is 1. The zero-order valence-corrected chi connectivity index (χ0v) is 12.7. The summed E-state index contributed by atoms with van der Waals surface area (Å²) in [5.41, 5.74) is 6.09. The first-order valence-corrected chi connectivity index (χ1v) is 9.52. The second-order valence-corrected chi connectivity index (χ2v) is 8.39. The van der Waals surface area contributed by atoms with Crippen LogP contribution < -0.4 is 15.2 Å². The molecule has 2 rings (SSSR count). The van der Waals surface area contributed by atoms with E-state index in [-0.39, 0.29) is 18.1 Å². The third kappa shape index (κ3) is 4.73. The third-order valence-corrected chi connectivity index (χ3v) is 5.55. The number of nitrogens with two attached hydrogens (primary N) is 1. The smallest absolute Gasteiger partial charge is 0.215 e. The molecule has 7 nitrogen and oxygen atoms in total. The van der Waals surface area contributed by atoms with Crippen LogP contribution in [0.15, 0.2) is 35.7 Å². The molecule has 1 aliphatic heterocycles. The van der Waals surface area contributed by atoms with E-state index < -0.39 is 25.9 Å². The van der Waals surface area contributed by atoms with Crippen LogP contribution in [-0.4, -0.2) is 41.0 Å². The quantitative estimate of drug-likeness (QED) is 0.702. The maximum absolute atomic E-state index is 11.8. The summed E-state index contributed by atoms with van der Waals surface area (Å²) >= 11 is 0. The molecule has 116 valence electrons. The minimum atomic E-state index is -3.63. The molecule has 3 N–H and O–H groups in total. The number of hydrogen-bond donors (Lipinski definition) is 2. The molecule has 0 amide bonds. The highest BCUT2D eigenvalue weighted by Crippen LogP contribution is 2.19. The van der Waals surface area contributed by atoms with Gasteiger partial charge in [0, 0.05) is 5.41 Å². The van der Waals surface area contributed by atoms with Crippen LogP contribution in [0.1, 0.15) is 0 Å². The SMILES string of the molecule is Nc1ccccc1OCCS(=O)(=O)NC1C=CS(=O)(=O)C1. The number of benzene rings is 1. The molecule has 0 aromatic heterocycles. The average molecular weight is 332 g/mol. The molecule has 1 atom stereocenters. The molecule has 1 aliphatic rings. The van der Waals surface area contributed by atoms with E-state index in [1.165, 1.54) is 6.08 Å². The fraction of sp³-hybridized carbons (Fsp3) is 0.333. The van der Waals surface area contributed by atoms with Crippen molar-refractivity contribution >= 4 is 25.5 Å². The Morgan fingerprint density at radius 3 is 2.67 bits per heavy atom. The summed E-state index contributed by atoms with van der Waals surface area (Å²) in [6.45, 7) is -0.0767. The summed E-state index contributed by atoms with van der Waals surface area (Å²) in [6.07, 6.45) is 1.32. The van der Waals surface area contributed by atoms with Gasteiger partial charge in [0.2, 0.25) is 10.0 Å².